The van der Waals surface area contributed by atoms with E-state index in [-0.39, 0.29) is 6.01 Å². The first-order valence-corrected chi connectivity index (χ1v) is 2.71. The van der Waals surface area contributed by atoms with Gasteiger partial charge in [0.25, 0.3) is 0 Å². The summed E-state index contributed by atoms with van der Waals surface area (Å²) in [6, 6.07) is -0.144. The van der Waals surface area contributed by atoms with E-state index in [1.165, 1.54) is 10.6 Å². The number of hydrogen-bond acceptors (Lipinski definition) is 4. The lowest BCUT2D eigenvalue weighted by Crippen LogP contribution is -1.89. The van der Waals surface area contributed by atoms with E-state index in [0.29, 0.717) is 5.65 Å². The number of rotatable bonds is 0. The SMILES string of the molecule is Oc1nncc2nccn12. The summed E-state index contributed by atoms with van der Waals surface area (Å²) in [6.07, 6.45) is 4.65. The van der Waals surface area contributed by atoms with E-state index < -0.39 is 0 Å². The summed E-state index contributed by atoms with van der Waals surface area (Å²) < 4.78 is 1.44. The molecular formula is C5H4N4O. The van der Waals surface area contributed by atoms with Crippen LogP contribution in [0.5, 0.6) is 6.01 Å². The molecule has 2 aromatic heterocycles. The highest BCUT2D eigenvalue weighted by Crippen LogP contribution is 2.04. The maximum Gasteiger partial charge on any atom is 0.318 e. The van der Waals surface area contributed by atoms with E-state index >= 15 is 0 Å². The van der Waals surface area contributed by atoms with Crippen LogP contribution in [0.4, 0.5) is 0 Å². The number of fused-ring (bicyclic) bond motifs is 1. The van der Waals surface area contributed by atoms with E-state index in [1.54, 1.807) is 12.4 Å². The average molecular weight is 136 g/mol. The van der Waals surface area contributed by atoms with Crippen LogP contribution in [0.2, 0.25) is 0 Å². The Bertz CT molecular complexity index is 355. The Morgan fingerprint density at radius 3 is 3.20 bits per heavy atom. The van der Waals surface area contributed by atoms with Crippen LogP contribution in [0.25, 0.3) is 5.65 Å². The maximum atomic E-state index is 9.01. The molecule has 1 N–H and O–H groups in total. The van der Waals surface area contributed by atoms with Crippen LogP contribution in [-0.4, -0.2) is 24.7 Å². The second-order valence-corrected chi connectivity index (χ2v) is 1.80. The monoisotopic (exact) mass is 136 g/mol. The van der Waals surface area contributed by atoms with Gasteiger partial charge in [-0.15, -0.1) is 0 Å². The van der Waals surface area contributed by atoms with Gasteiger partial charge in [0.1, 0.15) is 0 Å². The highest BCUT2D eigenvalue weighted by molar-refractivity contribution is 5.35. The molecule has 0 amide bonds. The van der Waals surface area contributed by atoms with Crippen molar-refractivity contribution in [1.82, 2.24) is 19.6 Å². The molecule has 0 spiro atoms. The molecule has 0 unspecified atom stereocenters. The van der Waals surface area contributed by atoms with Gasteiger partial charge < -0.3 is 5.11 Å². The van der Waals surface area contributed by atoms with Crippen LogP contribution in [0.15, 0.2) is 18.6 Å². The number of hydrogen-bond donors (Lipinski definition) is 1. The number of nitrogens with zero attached hydrogens (tertiary/aromatic N) is 4. The Labute approximate surface area is 56.0 Å². The molecule has 0 aromatic carbocycles. The fraction of sp³-hybridized carbons (Fsp3) is 0. The van der Waals surface area contributed by atoms with Crippen molar-refractivity contribution in [1.29, 1.82) is 0 Å². The zero-order valence-electron chi connectivity index (χ0n) is 4.97. The van der Waals surface area contributed by atoms with Crippen LogP contribution in [0.3, 0.4) is 0 Å². The van der Waals surface area contributed by atoms with E-state index in [9.17, 15) is 0 Å². The molecule has 2 aromatic rings. The Morgan fingerprint density at radius 1 is 1.50 bits per heavy atom. The van der Waals surface area contributed by atoms with Crippen LogP contribution >= 0.6 is 0 Å². The van der Waals surface area contributed by atoms with Gasteiger partial charge in [0, 0.05) is 12.4 Å². The lowest BCUT2D eigenvalue weighted by molar-refractivity contribution is 0.414. The highest BCUT2D eigenvalue weighted by Gasteiger charge is 1.97. The summed E-state index contributed by atoms with van der Waals surface area (Å²) in [4.78, 5) is 3.88. The molecule has 2 rings (SSSR count). The summed E-state index contributed by atoms with van der Waals surface area (Å²) in [5.74, 6) is 0. The molecule has 0 aliphatic heterocycles. The molecular weight excluding hydrogens is 132 g/mol. The lowest BCUT2D eigenvalue weighted by atomic mass is 10.8. The van der Waals surface area contributed by atoms with Crippen molar-refractivity contribution in [2.24, 2.45) is 0 Å². The molecule has 0 bridgehead atoms. The second-order valence-electron chi connectivity index (χ2n) is 1.80. The number of aromatic hydroxyl groups is 1. The molecule has 50 valence electrons. The summed E-state index contributed by atoms with van der Waals surface area (Å²) in [6.45, 7) is 0. The summed E-state index contributed by atoms with van der Waals surface area (Å²) in [5, 5.41) is 15.9. The molecule has 5 nitrogen and oxygen atoms in total. The molecule has 5 heteroatoms. The van der Waals surface area contributed by atoms with Gasteiger partial charge in [0.2, 0.25) is 0 Å². The smallest absolute Gasteiger partial charge is 0.318 e. The van der Waals surface area contributed by atoms with Gasteiger partial charge in [0.15, 0.2) is 5.65 Å². The Hall–Kier alpha value is -1.65. The first-order valence-electron chi connectivity index (χ1n) is 2.71. The van der Waals surface area contributed by atoms with Crippen molar-refractivity contribution in [2.45, 2.75) is 0 Å². The van der Waals surface area contributed by atoms with Crippen molar-refractivity contribution >= 4 is 5.65 Å². The largest absolute Gasteiger partial charge is 0.479 e. The average Bonchev–Trinajstić information content (AvgIpc) is 2.36. The third-order valence-electron chi connectivity index (χ3n) is 1.21. The van der Waals surface area contributed by atoms with Gasteiger partial charge in [0.05, 0.1) is 6.20 Å². The molecule has 0 aliphatic carbocycles. The van der Waals surface area contributed by atoms with Gasteiger partial charge in [-0.05, 0) is 0 Å². The van der Waals surface area contributed by atoms with Gasteiger partial charge in [-0.3, -0.25) is 4.40 Å². The first-order chi connectivity index (χ1) is 4.88. The standard InChI is InChI=1S/C5H4N4O/c10-5-8-7-3-4-6-1-2-9(4)5/h1-3H,(H,8,10). The zero-order valence-corrected chi connectivity index (χ0v) is 4.97. The molecule has 0 saturated heterocycles. The van der Waals surface area contributed by atoms with Crippen molar-refractivity contribution < 1.29 is 5.11 Å². The topological polar surface area (TPSA) is 63.3 Å². The van der Waals surface area contributed by atoms with E-state index in [1.807, 2.05) is 0 Å². The molecule has 10 heavy (non-hydrogen) atoms. The Kier molecular flexibility index (Phi) is 0.858. The maximum absolute atomic E-state index is 9.01. The van der Waals surface area contributed by atoms with Crippen molar-refractivity contribution in [2.75, 3.05) is 0 Å². The quantitative estimate of drug-likeness (QED) is 0.546. The second kappa shape index (κ2) is 1.66. The summed E-state index contributed by atoms with van der Waals surface area (Å²) in [7, 11) is 0. The minimum atomic E-state index is -0.144. The first kappa shape index (κ1) is 5.16. The van der Waals surface area contributed by atoms with Crippen molar-refractivity contribution in [3.05, 3.63) is 18.6 Å². The molecule has 0 radical (unpaired) electrons. The lowest BCUT2D eigenvalue weighted by Gasteiger charge is -1.91. The molecule has 0 fully saturated rings. The third-order valence-corrected chi connectivity index (χ3v) is 1.21. The van der Waals surface area contributed by atoms with Gasteiger partial charge >= 0.3 is 6.01 Å². The fourth-order valence-corrected chi connectivity index (χ4v) is 0.760. The normalized spacial score (nSPS) is 10.4. The summed E-state index contributed by atoms with van der Waals surface area (Å²) >= 11 is 0. The van der Waals surface area contributed by atoms with Crippen molar-refractivity contribution in [3.8, 4) is 6.01 Å². The van der Waals surface area contributed by atoms with Gasteiger partial charge in [-0.2, -0.15) is 5.10 Å². The molecule has 0 aliphatic rings. The third kappa shape index (κ3) is 0.540. The Balaban J connectivity index is 2.95. The molecule has 2 heterocycles. The molecule has 0 saturated carbocycles. The predicted octanol–water partition coefficient (Wildman–Crippen LogP) is -0.170. The van der Waals surface area contributed by atoms with Crippen LogP contribution in [0, 0.1) is 0 Å². The highest BCUT2D eigenvalue weighted by atomic mass is 16.3. The van der Waals surface area contributed by atoms with Crippen LogP contribution in [-0.2, 0) is 0 Å². The van der Waals surface area contributed by atoms with E-state index in [4.69, 9.17) is 5.11 Å². The number of aromatic nitrogens is 4. The predicted molar refractivity (Wildman–Crippen MR) is 32.4 cm³/mol. The Morgan fingerprint density at radius 2 is 2.40 bits per heavy atom. The van der Waals surface area contributed by atoms with Crippen molar-refractivity contribution in [3.63, 3.8) is 0 Å². The fourth-order valence-electron chi connectivity index (χ4n) is 0.760. The van der Waals surface area contributed by atoms with E-state index in [2.05, 4.69) is 15.2 Å². The number of imidazole rings is 1. The zero-order chi connectivity index (χ0) is 6.97. The van der Waals surface area contributed by atoms with Gasteiger partial charge in [-0.25, -0.2) is 4.98 Å². The summed E-state index contributed by atoms with van der Waals surface area (Å²) in [5.41, 5.74) is 0.590. The van der Waals surface area contributed by atoms with Crippen LogP contribution < -0.4 is 0 Å². The minimum absolute atomic E-state index is 0.144. The molecule has 0 atom stereocenters. The van der Waals surface area contributed by atoms with E-state index in [0.717, 1.165) is 0 Å². The van der Waals surface area contributed by atoms with Crippen LogP contribution in [0.1, 0.15) is 0 Å². The van der Waals surface area contributed by atoms with Gasteiger partial charge in [-0.1, -0.05) is 5.10 Å². The minimum Gasteiger partial charge on any atom is -0.479 e.